The molecule has 0 amide bonds. The van der Waals surface area contributed by atoms with E-state index in [1.54, 1.807) is 0 Å². The first-order chi connectivity index (χ1) is 19.9. The standard InChI is InChI=1S/C27H30O15/c1-9-17(31)20(34)22(36)26(39-9)38-8-15-18(32)21(35)23(37)27(41-15)42-25-19(33)16-13(30)6-12(29)7-14(16)40-24(25)10-2-4-11(28)5-3-10/h2-7,9,15,17-18,20-23,26-32,34-37H,8H2,1H3/t9-,15-,17-,18-,20-,21-,22-,23-,26+,27-/m0/s1. The third-order valence-corrected chi connectivity index (χ3v) is 7.18. The Balaban J connectivity index is 1.46. The highest BCUT2D eigenvalue weighted by molar-refractivity contribution is 5.88. The third kappa shape index (κ3) is 5.49. The van der Waals surface area contributed by atoms with Gasteiger partial charge in [-0.2, -0.15) is 0 Å². The predicted molar refractivity (Wildman–Crippen MR) is 139 cm³/mol. The van der Waals surface area contributed by atoms with Gasteiger partial charge < -0.3 is 69.3 Å². The maximum atomic E-state index is 13.5. The Morgan fingerprint density at radius 1 is 0.762 bits per heavy atom. The second-order valence-electron chi connectivity index (χ2n) is 10.1. The third-order valence-electron chi connectivity index (χ3n) is 7.18. The summed E-state index contributed by atoms with van der Waals surface area (Å²) in [5.41, 5.74) is -0.956. The number of hydrogen-bond donors (Lipinski definition) is 9. The lowest BCUT2D eigenvalue weighted by Crippen LogP contribution is -2.61. The summed E-state index contributed by atoms with van der Waals surface area (Å²) >= 11 is 0. The van der Waals surface area contributed by atoms with E-state index in [1.165, 1.54) is 31.2 Å². The number of rotatable bonds is 6. The lowest BCUT2D eigenvalue weighted by Gasteiger charge is -2.42. The van der Waals surface area contributed by atoms with Crippen LogP contribution in [0.3, 0.4) is 0 Å². The van der Waals surface area contributed by atoms with Gasteiger partial charge in [0.2, 0.25) is 17.5 Å². The van der Waals surface area contributed by atoms with E-state index >= 15 is 0 Å². The van der Waals surface area contributed by atoms with Gasteiger partial charge in [-0.3, -0.25) is 4.79 Å². The average molecular weight is 595 g/mol. The van der Waals surface area contributed by atoms with E-state index in [9.17, 15) is 50.8 Å². The molecule has 5 rings (SSSR count). The minimum atomic E-state index is -1.92. The number of phenols is 3. The molecule has 1 aromatic heterocycles. The van der Waals surface area contributed by atoms with Crippen LogP contribution in [0, 0.1) is 0 Å². The summed E-state index contributed by atoms with van der Waals surface area (Å²) in [6, 6.07) is 7.33. The molecule has 0 radical (unpaired) electrons. The van der Waals surface area contributed by atoms with E-state index in [2.05, 4.69) is 0 Å². The van der Waals surface area contributed by atoms with E-state index in [0.717, 1.165) is 12.1 Å². The lowest BCUT2D eigenvalue weighted by atomic mass is 9.98. The highest BCUT2D eigenvalue weighted by atomic mass is 16.7. The van der Waals surface area contributed by atoms with Gasteiger partial charge in [-0.1, -0.05) is 0 Å². The molecule has 0 bridgehead atoms. The number of benzene rings is 2. The molecule has 0 aliphatic carbocycles. The van der Waals surface area contributed by atoms with Crippen molar-refractivity contribution >= 4 is 11.0 Å². The maximum Gasteiger partial charge on any atom is 0.239 e. The van der Waals surface area contributed by atoms with Crippen molar-refractivity contribution in [3.8, 4) is 34.3 Å². The van der Waals surface area contributed by atoms with Crippen LogP contribution in [0.5, 0.6) is 23.0 Å². The van der Waals surface area contributed by atoms with Gasteiger partial charge >= 0.3 is 0 Å². The molecular formula is C27H30O15. The summed E-state index contributed by atoms with van der Waals surface area (Å²) in [5, 5.41) is 91.4. The molecule has 0 spiro atoms. The van der Waals surface area contributed by atoms with E-state index in [1.807, 2.05) is 0 Å². The van der Waals surface area contributed by atoms with Crippen LogP contribution < -0.4 is 10.2 Å². The number of aliphatic hydroxyl groups is 6. The number of aliphatic hydroxyl groups excluding tert-OH is 6. The summed E-state index contributed by atoms with van der Waals surface area (Å²) in [5.74, 6) is -1.97. The zero-order valence-electron chi connectivity index (χ0n) is 21.9. The molecule has 0 saturated carbocycles. The number of ether oxygens (including phenoxy) is 4. The molecule has 9 N–H and O–H groups in total. The molecule has 228 valence electrons. The highest BCUT2D eigenvalue weighted by Crippen LogP contribution is 2.37. The molecule has 3 aromatic rings. The van der Waals surface area contributed by atoms with Gasteiger partial charge in [-0.15, -0.1) is 0 Å². The van der Waals surface area contributed by atoms with Crippen LogP contribution in [0.15, 0.2) is 45.6 Å². The van der Waals surface area contributed by atoms with Crippen LogP contribution in [0.25, 0.3) is 22.3 Å². The van der Waals surface area contributed by atoms with Crippen molar-refractivity contribution in [2.75, 3.05) is 6.61 Å². The van der Waals surface area contributed by atoms with Gasteiger partial charge in [-0.05, 0) is 31.2 Å². The fraction of sp³-hybridized carbons (Fsp3) is 0.444. The van der Waals surface area contributed by atoms with Gasteiger partial charge in [-0.25, -0.2) is 0 Å². The Labute approximate surface area is 236 Å². The largest absolute Gasteiger partial charge is 0.508 e. The normalized spacial score (nSPS) is 33.5. The Bertz CT molecular complexity index is 1470. The number of fused-ring (bicyclic) bond motifs is 1. The zero-order chi connectivity index (χ0) is 30.5. The summed E-state index contributed by atoms with van der Waals surface area (Å²) in [6.07, 6.45) is -15.8. The van der Waals surface area contributed by atoms with Gasteiger partial charge in [0.25, 0.3) is 0 Å². The summed E-state index contributed by atoms with van der Waals surface area (Å²) < 4.78 is 28.0. The fourth-order valence-corrected chi connectivity index (χ4v) is 4.79. The smallest absolute Gasteiger partial charge is 0.239 e. The number of phenolic OH excluding ortho intramolecular Hbond substituents is 3. The Morgan fingerprint density at radius 2 is 1.40 bits per heavy atom. The minimum Gasteiger partial charge on any atom is -0.508 e. The second-order valence-corrected chi connectivity index (χ2v) is 10.1. The SMILES string of the molecule is C[C@@H]1O[C@@H](OC[C@@H]2O[C@@H](Oc3c(-c4ccc(O)cc4)oc4cc(O)cc(O)c4c3=O)[C@@H](O)[C@@H](O)[C@H]2O)[C@@H](O)[C@@H](O)[C@H]1O. The highest BCUT2D eigenvalue weighted by Gasteiger charge is 2.47. The number of hydrogen-bond acceptors (Lipinski definition) is 15. The van der Waals surface area contributed by atoms with Crippen molar-refractivity contribution in [2.45, 2.75) is 68.3 Å². The summed E-state index contributed by atoms with van der Waals surface area (Å²) in [4.78, 5) is 13.5. The second kappa shape index (κ2) is 11.6. The van der Waals surface area contributed by atoms with Crippen molar-refractivity contribution in [3.63, 3.8) is 0 Å². The van der Waals surface area contributed by atoms with Crippen molar-refractivity contribution in [1.29, 1.82) is 0 Å². The zero-order valence-corrected chi connectivity index (χ0v) is 21.9. The quantitative estimate of drug-likeness (QED) is 0.159. The Morgan fingerprint density at radius 3 is 2.10 bits per heavy atom. The first-order valence-electron chi connectivity index (χ1n) is 12.9. The molecule has 2 aliphatic heterocycles. The lowest BCUT2D eigenvalue weighted by molar-refractivity contribution is -0.318. The molecule has 2 fully saturated rings. The van der Waals surface area contributed by atoms with E-state index in [-0.39, 0.29) is 28.0 Å². The maximum absolute atomic E-state index is 13.5. The predicted octanol–water partition coefficient (Wildman–Crippen LogP) is -1.39. The molecule has 2 aromatic carbocycles. The summed E-state index contributed by atoms with van der Waals surface area (Å²) in [7, 11) is 0. The van der Waals surface area contributed by atoms with Crippen LogP contribution in [0.4, 0.5) is 0 Å². The van der Waals surface area contributed by atoms with Crippen LogP contribution >= 0.6 is 0 Å². The fourth-order valence-electron chi connectivity index (χ4n) is 4.79. The van der Waals surface area contributed by atoms with Crippen LogP contribution in [-0.2, 0) is 14.2 Å². The van der Waals surface area contributed by atoms with E-state index in [0.29, 0.717) is 0 Å². The van der Waals surface area contributed by atoms with Crippen LogP contribution in [-0.4, -0.2) is 114 Å². The molecular weight excluding hydrogens is 564 g/mol. The van der Waals surface area contributed by atoms with Gasteiger partial charge in [0.1, 0.15) is 70.9 Å². The minimum absolute atomic E-state index is 0.103. The molecule has 42 heavy (non-hydrogen) atoms. The summed E-state index contributed by atoms with van der Waals surface area (Å²) in [6.45, 7) is 0.866. The Kier molecular flexibility index (Phi) is 8.30. The molecule has 15 heteroatoms. The van der Waals surface area contributed by atoms with E-state index < -0.39 is 90.7 Å². The van der Waals surface area contributed by atoms with Gasteiger partial charge in [0.05, 0.1) is 12.7 Å². The van der Waals surface area contributed by atoms with Crippen molar-refractivity contribution in [3.05, 3.63) is 46.6 Å². The molecule has 0 unspecified atom stereocenters. The molecule has 15 nitrogen and oxygen atoms in total. The first-order valence-corrected chi connectivity index (χ1v) is 12.9. The Hall–Kier alpha value is -3.51. The number of aromatic hydroxyl groups is 3. The van der Waals surface area contributed by atoms with Gasteiger partial charge in [0, 0.05) is 17.7 Å². The molecule has 10 atom stereocenters. The topological polar surface area (TPSA) is 249 Å². The van der Waals surface area contributed by atoms with E-state index in [4.69, 9.17) is 23.4 Å². The molecule has 3 heterocycles. The van der Waals surface area contributed by atoms with Crippen molar-refractivity contribution < 1.29 is 69.3 Å². The van der Waals surface area contributed by atoms with Crippen molar-refractivity contribution in [2.24, 2.45) is 0 Å². The van der Waals surface area contributed by atoms with Gasteiger partial charge in [0.15, 0.2) is 12.1 Å². The van der Waals surface area contributed by atoms with Crippen LogP contribution in [0.2, 0.25) is 0 Å². The van der Waals surface area contributed by atoms with Crippen molar-refractivity contribution in [1.82, 2.24) is 0 Å². The monoisotopic (exact) mass is 594 g/mol. The average Bonchev–Trinajstić information content (AvgIpc) is 2.95. The van der Waals surface area contributed by atoms with Crippen LogP contribution in [0.1, 0.15) is 6.92 Å². The molecule has 2 saturated heterocycles. The molecule has 2 aliphatic rings. The first kappa shape index (κ1) is 30.0.